The van der Waals surface area contributed by atoms with Crippen LogP contribution in [0.5, 0.6) is 0 Å². The van der Waals surface area contributed by atoms with Gasteiger partial charge in [0.05, 0.1) is 0 Å². The molecule has 2 rings (SSSR count). The Morgan fingerprint density at radius 3 is 2.18 bits per heavy atom. The van der Waals surface area contributed by atoms with E-state index in [4.69, 9.17) is 0 Å². The number of piperazine rings is 1. The summed E-state index contributed by atoms with van der Waals surface area (Å²) in [6.45, 7) is 9.26. The van der Waals surface area contributed by atoms with Crippen molar-refractivity contribution in [3.63, 3.8) is 0 Å². The molecule has 1 atom stereocenters. The number of carbonyl (C=O) groups is 1. The third kappa shape index (κ3) is 4.23. The Hall–Kier alpha value is -1.55. The number of carbonyl (C=O) groups excluding carboxylic acids is 1. The van der Waals surface area contributed by atoms with Crippen LogP contribution >= 0.6 is 0 Å². The summed E-state index contributed by atoms with van der Waals surface area (Å²) in [4.78, 5) is 18.1. The molecule has 0 bridgehead atoms. The Kier molecular flexibility index (Phi) is 5.83. The van der Waals surface area contributed by atoms with Crippen molar-refractivity contribution in [3.05, 3.63) is 35.9 Å². The summed E-state index contributed by atoms with van der Waals surface area (Å²) >= 11 is 0. The number of benzene rings is 1. The molecule has 122 valence electrons. The van der Waals surface area contributed by atoms with Crippen LogP contribution in [-0.4, -0.2) is 67.5 Å². The molecule has 0 aromatic heterocycles. The smallest absolute Gasteiger partial charge is 0.319 e. The normalized spacial score (nSPS) is 17.6. The largest absolute Gasteiger partial charge is 0.331 e. The maximum absolute atomic E-state index is 12.0. The molecular weight excluding hydrogens is 274 g/mol. The third-order valence-corrected chi connectivity index (χ3v) is 4.51. The van der Waals surface area contributed by atoms with Crippen molar-refractivity contribution in [3.8, 4) is 0 Å². The molecule has 1 heterocycles. The van der Waals surface area contributed by atoms with Crippen LogP contribution < -0.4 is 0 Å². The molecule has 1 aliphatic rings. The molecule has 0 N–H and O–H groups in total. The van der Waals surface area contributed by atoms with E-state index in [1.54, 1.807) is 4.90 Å². The summed E-state index contributed by atoms with van der Waals surface area (Å²) < 4.78 is 0. The van der Waals surface area contributed by atoms with Gasteiger partial charge in [0.25, 0.3) is 0 Å². The van der Waals surface area contributed by atoms with Crippen LogP contribution in [-0.2, 0) is 0 Å². The Bertz CT molecular complexity index is 464. The van der Waals surface area contributed by atoms with Gasteiger partial charge < -0.3 is 9.80 Å². The van der Waals surface area contributed by atoms with Crippen LogP contribution in [0.1, 0.15) is 25.3 Å². The Labute approximate surface area is 134 Å². The summed E-state index contributed by atoms with van der Waals surface area (Å²) in [5.41, 5.74) is 1.42. The average molecular weight is 303 g/mol. The zero-order valence-electron chi connectivity index (χ0n) is 14.3. The molecule has 4 nitrogen and oxygen atoms in total. The van der Waals surface area contributed by atoms with E-state index in [2.05, 4.69) is 49.1 Å². The van der Waals surface area contributed by atoms with Gasteiger partial charge in [-0.15, -0.1) is 0 Å². The maximum Gasteiger partial charge on any atom is 0.319 e. The van der Waals surface area contributed by atoms with Crippen molar-refractivity contribution >= 4 is 6.03 Å². The molecule has 1 unspecified atom stereocenters. The summed E-state index contributed by atoms with van der Waals surface area (Å²) in [7, 11) is 3.64. The SMILES string of the molecule is CC(C)C(CN1CCN(C(=O)N(C)C)CC1)c1ccccc1. The first kappa shape index (κ1) is 16.8. The van der Waals surface area contributed by atoms with Gasteiger partial charge >= 0.3 is 6.03 Å². The monoisotopic (exact) mass is 303 g/mol. The van der Waals surface area contributed by atoms with E-state index in [0.717, 1.165) is 32.7 Å². The topological polar surface area (TPSA) is 26.8 Å². The van der Waals surface area contributed by atoms with E-state index >= 15 is 0 Å². The molecule has 1 aromatic carbocycles. The lowest BCUT2D eigenvalue weighted by Crippen LogP contribution is -2.52. The predicted octanol–water partition coefficient (Wildman–Crippen LogP) is 2.73. The van der Waals surface area contributed by atoms with E-state index in [9.17, 15) is 4.79 Å². The fourth-order valence-corrected chi connectivity index (χ4v) is 3.08. The Morgan fingerprint density at radius 2 is 1.68 bits per heavy atom. The number of rotatable bonds is 4. The van der Waals surface area contributed by atoms with Gasteiger partial charge in [0.2, 0.25) is 0 Å². The highest BCUT2D eigenvalue weighted by atomic mass is 16.2. The van der Waals surface area contributed by atoms with Gasteiger partial charge in [-0.05, 0) is 17.4 Å². The van der Waals surface area contributed by atoms with E-state index in [0.29, 0.717) is 11.8 Å². The second-order valence-corrected chi connectivity index (χ2v) is 6.73. The summed E-state index contributed by atoms with van der Waals surface area (Å²) in [5, 5.41) is 0. The van der Waals surface area contributed by atoms with Crippen molar-refractivity contribution in [2.45, 2.75) is 19.8 Å². The molecule has 0 radical (unpaired) electrons. The highest BCUT2D eigenvalue weighted by Gasteiger charge is 2.25. The number of nitrogens with zero attached hydrogens (tertiary/aromatic N) is 3. The van der Waals surface area contributed by atoms with Crippen LogP contribution in [0.25, 0.3) is 0 Å². The lowest BCUT2D eigenvalue weighted by atomic mass is 9.88. The van der Waals surface area contributed by atoms with Crippen molar-refractivity contribution < 1.29 is 4.79 Å². The summed E-state index contributed by atoms with van der Waals surface area (Å²) in [5.74, 6) is 1.17. The standard InChI is InChI=1S/C18H29N3O/c1-15(2)17(16-8-6-5-7-9-16)14-20-10-12-21(13-11-20)18(22)19(3)4/h5-9,15,17H,10-14H2,1-4H3. The molecule has 0 aliphatic carbocycles. The zero-order chi connectivity index (χ0) is 16.1. The average Bonchev–Trinajstić information content (AvgIpc) is 2.53. The van der Waals surface area contributed by atoms with Crippen LogP contribution in [0.15, 0.2) is 30.3 Å². The molecule has 1 fully saturated rings. The van der Waals surface area contributed by atoms with Crippen LogP contribution in [0.3, 0.4) is 0 Å². The minimum Gasteiger partial charge on any atom is -0.331 e. The molecule has 1 saturated heterocycles. The van der Waals surface area contributed by atoms with Crippen molar-refractivity contribution in [1.82, 2.24) is 14.7 Å². The van der Waals surface area contributed by atoms with Crippen LogP contribution in [0, 0.1) is 5.92 Å². The first-order chi connectivity index (χ1) is 10.5. The Morgan fingerprint density at radius 1 is 1.09 bits per heavy atom. The second-order valence-electron chi connectivity index (χ2n) is 6.73. The lowest BCUT2D eigenvalue weighted by molar-refractivity contribution is 0.116. The molecule has 4 heteroatoms. The van der Waals surface area contributed by atoms with Gasteiger partial charge in [0.1, 0.15) is 0 Å². The van der Waals surface area contributed by atoms with Crippen LogP contribution in [0.2, 0.25) is 0 Å². The Balaban J connectivity index is 1.92. The van der Waals surface area contributed by atoms with Gasteiger partial charge in [-0.25, -0.2) is 4.79 Å². The summed E-state index contributed by atoms with van der Waals surface area (Å²) in [6.07, 6.45) is 0. The van der Waals surface area contributed by atoms with Crippen LogP contribution in [0.4, 0.5) is 4.79 Å². The molecule has 0 saturated carbocycles. The fourth-order valence-electron chi connectivity index (χ4n) is 3.08. The lowest BCUT2D eigenvalue weighted by Gasteiger charge is -2.38. The van der Waals surface area contributed by atoms with E-state index in [1.165, 1.54) is 5.56 Å². The fraction of sp³-hybridized carbons (Fsp3) is 0.611. The minimum absolute atomic E-state index is 0.128. The molecule has 0 spiro atoms. The molecule has 1 aromatic rings. The molecule has 2 amide bonds. The highest BCUT2D eigenvalue weighted by molar-refractivity contribution is 5.73. The first-order valence-electron chi connectivity index (χ1n) is 8.22. The van der Waals surface area contributed by atoms with Crippen molar-refractivity contribution in [1.29, 1.82) is 0 Å². The molecular formula is C18H29N3O. The number of hydrogen-bond donors (Lipinski definition) is 0. The third-order valence-electron chi connectivity index (χ3n) is 4.51. The quantitative estimate of drug-likeness (QED) is 0.855. The van der Waals surface area contributed by atoms with Gasteiger partial charge in [-0.2, -0.15) is 0 Å². The number of urea groups is 1. The summed E-state index contributed by atoms with van der Waals surface area (Å²) in [6, 6.07) is 10.9. The molecule has 22 heavy (non-hydrogen) atoms. The highest BCUT2D eigenvalue weighted by Crippen LogP contribution is 2.25. The van der Waals surface area contributed by atoms with Crippen molar-refractivity contribution in [2.24, 2.45) is 5.92 Å². The first-order valence-corrected chi connectivity index (χ1v) is 8.22. The van der Waals surface area contributed by atoms with Gasteiger partial charge in [-0.1, -0.05) is 44.2 Å². The maximum atomic E-state index is 12.0. The van der Waals surface area contributed by atoms with Gasteiger partial charge in [-0.3, -0.25) is 4.90 Å². The van der Waals surface area contributed by atoms with E-state index in [-0.39, 0.29) is 6.03 Å². The van der Waals surface area contributed by atoms with E-state index in [1.807, 2.05) is 19.0 Å². The van der Waals surface area contributed by atoms with E-state index < -0.39 is 0 Å². The second kappa shape index (κ2) is 7.63. The number of hydrogen-bond acceptors (Lipinski definition) is 2. The van der Waals surface area contributed by atoms with Gasteiger partial charge in [0.15, 0.2) is 0 Å². The van der Waals surface area contributed by atoms with Gasteiger partial charge in [0, 0.05) is 46.8 Å². The zero-order valence-corrected chi connectivity index (χ0v) is 14.3. The minimum atomic E-state index is 0.128. The molecule has 1 aliphatic heterocycles. The predicted molar refractivity (Wildman–Crippen MR) is 91.1 cm³/mol. The number of amides is 2. The van der Waals surface area contributed by atoms with Crippen molar-refractivity contribution in [2.75, 3.05) is 46.8 Å².